The van der Waals surface area contributed by atoms with Crippen molar-refractivity contribution < 1.29 is 28.2 Å². The third kappa shape index (κ3) is 6.95. The number of nitrogens with one attached hydrogen (secondary N) is 1. The van der Waals surface area contributed by atoms with Crippen molar-refractivity contribution in [3.63, 3.8) is 0 Å². The summed E-state index contributed by atoms with van der Waals surface area (Å²) in [7, 11) is -3.45. The fraction of sp³-hybridized carbons (Fsp3) is 0.423. The van der Waals surface area contributed by atoms with Crippen LogP contribution in [-0.2, 0) is 31.4 Å². The van der Waals surface area contributed by atoms with Gasteiger partial charge in [0.15, 0.2) is 0 Å². The zero-order chi connectivity index (χ0) is 26.2. The highest BCUT2D eigenvalue weighted by molar-refractivity contribution is 8.04. The molecule has 0 saturated heterocycles. The van der Waals surface area contributed by atoms with Crippen LogP contribution in [0, 0.1) is 6.92 Å². The molecule has 0 saturated carbocycles. The number of carbonyl (C=O) groups excluding carboxylic acids is 1. The number of aryl methyl sites for hydroxylation is 2. The smallest absolute Gasteiger partial charge is 0.348 e. The molecule has 2 aromatic rings. The summed E-state index contributed by atoms with van der Waals surface area (Å²) >= 11 is 1.14. The summed E-state index contributed by atoms with van der Waals surface area (Å²) in [5, 5.41) is 20.3. The second-order valence-electron chi connectivity index (χ2n) is 10.3. The van der Waals surface area contributed by atoms with Gasteiger partial charge in [-0.2, -0.15) is 0 Å². The SMILES string of the molecule is Cc1cc(SC2=C(O)CC(C)(CCc3ccc(O)cc3)OC2=O)c(C(C)(C)C)cc1NS(C)(=O)=O. The van der Waals surface area contributed by atoms with Gasteiger partial charge in [0, 0.05) is 11.3 Å². The van der Waals surface area contributed by atoms with Crippen molar-refractivity contribution in [2.24, 2.45) is 0 Å². The van der Waals surface area contributed by atoms with Gasteiger partial charge in [-0.25, -0.2) is 13.2 Å². The Balaban J connectivity index is 1.87. The van der Waals surface area contributed by atoms with Crippen LogP contribution in [0.2, 0.25) is 0 Å². The quantitative estimate of drug-likeness (QED) is 0.410. The molecule has 1 atom stereocenters. The van der Waals surface area contributed by atoms with Crippen molar-refractivity contribution in [3.05, 3.63) is 63.8 Å². The molecule has 0 aliphatic carbocycles. The van der Waals surface area contributed by atoms with Crippen LogP contribution in [0.3, 0.4) is 0 Å². The maximum atomic E-state index is 13.0. The normalized spacial score (nSPS) is 19.0. The van der Waals surface area contributed by atoms with Gasteiger partial charge in [-0.1, -0.05) is 44.7 Å². The lowest BCUT2D eigenvalue weighted by molar-refractivity contribution is -0.156. The van der Waals surface area contributed by atoms with Crippen LogP contribution in [-0.4, -0.2) is 36.5 Å². The number of carbonyl (C=O) groups is 1. The zero-order valence-electron chi connectivity index (χ0n) is 20.9. The van der Waals surface area contributed by atoms with E-state index < -0.39 is 21.6 Å². The first kappa shape index (κ1) is 26.9. The summed E-state index contributed by atoms with van der Waals surface area (Å²) in [5.41, 5.74) is 1.82. The third-order valence-electron chi connectivity index (χ3n) is 5.85. The summed E-state index contributed by atoms with van der Waals surface area (Å²) in [5.74, 6) is -0.408. The molecule has 7 nitrogen and oxygen atoms in total. The van der Waals surface area contributed by atoms with Gasteiger partial charge in [-0.15, -0.1) is 0 Å². The summed E-state index contributed by atoms with van der Waals surface area (Å²) < 4.78 is 31.9. The van der Waals surface area contributed by atoms with Gasteiger partial charge in [0.25, 0.3) is 0 Å². The van der Waals surface area contributed by atoms with Gasteiger partial charge in [-0.05, 0) is 73.1 Å². The first-order valence-corrected chi connectivity index (χ1v) is 14.0. The topological polar surface area (TPSA) is 113 Å². The van der Waals surface area contributed by atoms with E-state index in [2.05, 4.69) is 4.72 Å². The lowest BCUT2D eigenvalue weighted by Gasteiger charge is -2.34. The van der Waals surface area contributed by atoms with E-state index in [4.69, 9.17) is 4.74 Å². The fourth-order valence-electron chi connectivity index (χ4n) is 3.94. The Bertz CT molecular complexity index is 1260. The van der Waals surface area contributed by atoms with Crippen LogP contribution in [0.5, 0.6) is 5.75 Å². The minimum Gasteiger partial charge on any atom is -0.511 e. The lowest BCUT2D eigenvalue weighted by Crippen LogP contribution is -2.37. The average Bonchev–Trinajstić information content (AvgIpc) is 2.70. The Labute approximate surface area is 211 Å². The molecule has 3 rings (SSSR count). The van der Waals surface area contributed by atoms with Crippen LogP contribution < -0.4 is 4.72 Å². The number of benzene rings is 2. The molecule has 9 heteroatoms. The molecular formula is C26H33NO6S2. The second kappa shape index (κ2) is 9.78. The van der Waals surface area contributed by atoms with Crippen LogP contribution in [0.1, 0.15) is 57.2 Å². The highest BCUT2D eigenvalue weighted by Gasteiger charge is 2.39. The van der Waals surface area contributed by atoms with E-state index in [0.717, 1.165) is 34.0 Å². The molecule has 1 heterocycles. The number of phenols is 1. The van der Waals surface area contributed by atoms with Crippen LogP contribution in [0.15, 0.2) is 52.0 Å². The van der Waals surface area contributed by atoms with Crippen molar-refractivity contribution in [2.45, 2.75) is 69.8 Å². The average molecular weight is 520 g/mol. The molecule has 3 N–H and O–H groups in total. The van der Waals surface area contributed by atoms with Crippen molar-refractivity contribution in [3.8, 4) is 5.75 Å². The fourth-order valence-corrected chi connectivity index (χ4v) is 5.81. The van der Waals surface area contributed by atoms with Crippen molar-refractivity contribution in [2.75, 3.05) is 11.0 Å². The molecule has 190 valence electrons. The Morgan fingerprint density at radius 2 is 1.77 bits per heavy atom. The van der Waals surface area contributed by atoms with E-state index in [1.165, 1.54) is 0 Å². The molecular weight excluding hydrogens is 486 g/mol. The molecule has 1 unspecified atom stereocenters. The summed E-state index contributed by atoms with van der Waals surface area (Å²) in [6.45, 7) is 9.59. The summed E-state index contributed by atoms with van der Waals surface area (Å²) in [4.78, 5) is 13.9. The zero-order valence-corrected chi connectivity index (χ0v) is 22.6. The standard InChI is InChI=1S/C26H33NO6S2/c1-16-13-22(19(25(2,3)4)14-20(16)27-35(6,31)32)34-23-21(29)15-26(5,33-24(23)30)12-11-17-7-9-18(28)10-8-17/h7-10,13-14,27-29H,11-12,15H2,1-6H3. The Kier molecular flexibility index (Phi) is 7.53. The van der Waals surface area contributed by atoms with Gasteiger partial charge in [0.2, 0.25) is 10.0 Å². The van der Waals surface area contributed by atoms with E-state index in [0.29, 0.717) is 24.1 Å². The summed E-state index contributed by atoms with van der Waals surface area (Å²) in [6.07, 6.45) is 2.44. The number of cyclic esters (lactones) is 1. The van der Waals surface area contributed by atoms with E-state index >= 15 is 0 Å². The second-order valence-corrected chi connectivity index (χ2v) is 13.1. The number of hydrogen-bond acceptors (Lipinski definition) is 7. The van der Waals surface area contributed by atoms with Gasteiger partial charge in [-0.3, -0.25) is 4.72 Å². The molecule has 1 aliphatic rings. The number of hydrogen-bond donors (Lipinski definition) is 3. The summed E-state index contributed by atoms with van der Waals surface area (Å²) in [6, 6.07) is 10.5. The number of ether oxygens (including phenoxy) is 1. The number of rotatable bonds is 7. The van der Waals surface area contributed by atoms with Crippen LogP contribution in [0.25, 0.3) is 0 Å². The molecule has 1 aliphatic heterocycles. The molecule has 0 radical (unpaired) electrons. The van der Waals surface area contributed by atoms with E-state index in [-0.39, 0.29) is 28.2 Å². The van der Waals surface area contributed by atoms with Crippen molar-refractivity contribution in [1.29, 1.82) is 0 Å². The molecule has 0 amide bonds. The Hall–Kier alpha value is -2.65. The van der Waals surface area contributed by atoms with Gasteiger partial charge in [0.1, 0.15) is 22.0 Å². The maximum Gasteiger partial charge on any atom is 0.348 e. The number of anilines is 1. The van der Waals surface area contributed by atoms with E-state index in [1.807, 2.05) is 39.0 Å². The maximum absolute atomic E-state index is 13.0. The van der Waals surface area contributed by atoms with Gasteiger partial charge in [0.05, 0.1) is 11.9 Å². The number of aliphatic hydroxyl groups is 1. The number of aliphatic hydroxyl groups excluding tert-OH is 1. The monoisotopic (exact) mass is 519 g/mol. The lowest BCUT2D eigenvalue weighted by atomic mass is 9.86. The Morgan fingerprint density at radius 3 is 2.31 bits per heavy atom. The first-order chi connectivity index (χ1) is 16.1. The van der Waals surface area contributed by atoms with Crippen LogP contribution >= 0.6 is 11.8 Å². The largest absolute Gasteiger partial charge is 0.511 e. The predicted molar refractivity (Wildman–Crippen MR) is 139 cm³/mol. The van der Waals surface area contributed by atoms with Crippen molar-refractivity contribution >= 4 is 33.4 Å². The molecule has 2 aromatic carbocycles. The van der Waals surface area contributed by atoms with Gasteiger partial charge >= 0.3 is 5.97 Å². The molecule has 0 aromatic heterocycles. The molecule has 0 bridgehead atoms. The Morgan fingerprint density at radius 1 is 1.14 bits per heavy atom. The molecule has 0 spiro atoms. The molecule has 0 fully saturated rings. The molecule has 35 heavy (non-hydrogen) atoms. The number of esters is 1. The van der Waals surface area contributed by atoms with Crippen molar-refractivity contribution in [1.82, 2.24) is 0 Å². The highest BCUT2D eigenvalue weighted by Crippen LogP contribution is 2.44. The van der Waals surface area contributed by atoms with E-state index in [1.54, 1.807) is 32.0 Å². The predicted octanol–water partition coefficient (Wildman–Crippen LogP) is 5.57. The van der Waals surface area contributed by atoms with Gasteiger partial charge < -0.3 is 14.9 Å². The minimum absolute atomic E-state index is 0.0182. The number of thioether (sulfide) groups is 1. The minimum atomic E-state index is -3.45. The number of aromatic hydroxyl groups is 1. The first-order valence-electron chi connectivity index (χ1n) is 11.3. The van der Waals surface area contributed by atoms with Crippen LogP contribution in [0.4, 0.5) is 5.69 Å². The third-order valence-corrected chi connectivity index (χ3v) is 7.60. The number of sulfonamides is 1. The number of phenolic OH excluding ortho intramolecular Hbond substituents is 1. The highest BCUT2D eigenvalue weighted by atomic mass is 32.2. The van der Waals surface area contributed by atoms with E-state index in [9.17, 15) is 23.4 Å².